The van der Waals surface area contributed by atoms with Gasteiger partial charge in [0.25, 0.3) is 5.91 Å². The molecule has 1 saturated heterocycles. The number of ether oxygens (including phenoxy) is 2. The summed E-state index contributed by atoms with van der Waals surface area (Å²) in [6.07, 6.45) is 0. The summed E-state index contributed by atoms with van der Waals surface area (Å²) < 4.78 is 38.4. The highest BCUT2D eigenvalue weighted by molar-refractivity contribution is 7.89. The number of piperazine rings is 1. The molecule has 0 bridgehead atoms. The molecule has 0 saturated carbocycles. The number of hydrogen-bond donors (Lipinski definition) is 0. The number of hydrogen-bond acceptors (Lipinski definition) is 6. The number of aryl methyl sites for hydroxylation is 2. The number of fused-ring (bicyclic) bond motifs is 1. The first-order chi connectivity index (χ1) is 15.7. The van der Waals surface area contributed by atoms with Gasteiger partial charge in [-0.25, -0.2) is 8.42 Å². The van der Waals surface area contributed by atoms with E-state index in [1.165, 1.54) is 24.6 Å². The molecule has 1 fully saturated rings. The zero-order valence-corrected chi connectivity index (χ0v) is 20.0. The Labute approximate surface area is 193 Å². The summed E-state index contributed by atoms with van der Waals surface area (Å²) in [6.45, 7) is 4.78. The van der Waals surface area contributed by atoms with E-state index in [1.807, 2.05) is 38.1 Å². The van der Waals surface area contributed by atoms with Gasteiger partial charge in [-0.1, -0.05) is 12.1 Å². The second kappa shape index (κ2) is 8.99. The molecule has 0 spiro atoms. The van der Waals surface area contributed by atoms with Gasteiger partial charge in [-0.3, -0.25) is 9.78 Å². The molecule has 1 aliphatic rings. The summed E-state index contributed by atoms with van der Waals surface area (Å²) in [6, 6.07) is 12.5. The molecule has 1 amide bonds. The number of aromatic nitrogens is 1. The molecule has 1 aliphatic heterocycles. The fourth-order valence-corrected chi connectivity index (χ4v) is 5.61. The predicted octanol–water partition coefficient (Wildman–Crippen LogP) is 3.02. The summed E-state index contributed by atoms with van der Waals surface area (Å²) in [7, 11) is -0.905. The maximum Gasteiger partial charge on any atom is 0.255 e. The quantitative estimate of drug-likeness (QED) is 0.571. The van der Waals surface area contributed by atoms with E-state index in [2.05, 4.69) is 4.98 Å². The van der Waals surface area contributed by atoms with Gasteiger partial charge < -0.3 is 14.4 Å². The van der Waals surface area contributed by atoms with E-state index in [9.17, 15) is 13.2 Å². The van der Waals surface area contributed by atoms with E-state index in [-0.39, 0.29) is 42.7 Å². The normalized spacial score (nSPS) is 15.0. The average Bonchev–Trinajstić information content (AvgIpc) is 2.82. The minimum Gasteiger partial charge on any atom is -0.497 e. The van der Waals surface area contributed by atoms with Crippen LogP contribution in [0, 0.1) is 13.8 Å². The lowest BCUT2D eigenvalue weighted by atomic mass is 10.1. The van der Waals surface area contributed by atoms with Crippen molar-refractivity contribution in [2.45, 2.75) is 18.7 Å². The Kier molecular flexibility index (Phi) is 6.27. The number of amides is 1. The van der Waals surface area contributed by atoms with Gasteiger partial charge in [0.05, 0.1) is 31.0 Å². The summed E-state index contributed by atoms with van der Waals surface area (Å²) in [5.74, 6) is 0.540. The fourth-order valence-electron chi connectivity index (χ4n) is 4.02. The molecule has 174 valence electrons. The Morgan fingerprint density at radius 3 is 2.33 bits per heavy atom. The van der Waals surface area contributed by atoms with Crippen molar-refractivity contribution in [3.05, 3.63) is 59.3 Å². The average molecular weight is 470 g/mol. The molecule has 2 heterocycles. The van der Waals surface area contributed by atoms with Crippen LogP contribution in [0.1, 0.15) is 21.6 Å². The smallest absolute Gasteiger partial charge is 0.255 e. The van der Waals surface area contributed by atoms with E-state index in [0.717, 1.165) is 16.5 Å². The van der Waals surface area contributed by atoms with Crippen molar-refractivity contribution in [1.29, 1.82) is 0 Å². The Morgan fingerprint density at radius 1 is 0.939 bits per heavy atom. The van der Waals surface area contributed by atoms with Crippen LogP contribution in [0.25, 0.3) is 10.9 Å². The predicted molar refractivity (Wildman–Crippen MR) is 125 cm³/mol. The van der Waals surface area contributed by atoms with Gasteiger partial charge in [0.2, 0.25) is 10.0 Å². The number of methoxy groups -OCH3 is 2. The second-order valence-electron chi connectivity index (χ2n) is 8.03. The van der Waals surface area contributed by atoms with Crippen LogP contribution in [0.2, 0.25) is 0 Å². The second-order valence-corrected chi connectivity index (χ2v) is 9.94. The van der Waals surface area contributed by atoms with Gasteiger partial charge in [-0.2, -0.15) is 4.31 Å². The van der Waals surface area contributed by atoms with Gasteiger partial charge in [0, 0.05) is 37.6 Å². The van der Waals surface area contributed by atoms with Crippen molar-refractivity contribution >= 4 is 26.8 Å². The molecule has 0 radical (unpaired) electrons. The molecule has 8 nitrogen and oxygen atoms in total. The number of nitrogens with zero attached hydrogens (tertiary/aromatic N) is 3. The number of pyridine rings is 1. The van der Waals surface area contributed by atoms with Crippen molar-refractivity contribution in [2.24, 2.45) is 0 Å². The molecule has 4 rings (SSSR count). The molecule has 1 aromatic heterocycles. The molecule has 3 aromatic rings. The first-order valence-corrected chi connectivity index (χ1v) is 12.1. The monoisotopic (exact) mass is 469 g/mol. The number of benzene rings is 2. The number of carbonyl (C=O) groups excluding carboxylic acids is 1. The van der Waals surface area contributed by atoms with Gasteiger partial charge in [-0.15, -0.1) is 0 Å². The summed E-state index contributed by atoms with van der Waals surface area (Å²) >= 11 is 0. The van der Waals surface area contributed by atoms with Crippen LogP contribution in [0.5, 0.6) is 11.5 Å². The third-order valence-electron chi connectivity index (χ3n) is 5.91. The summed E-state index contributed by atoms with van der Waals surface area (Å²) in [4.78, 5) is 19.6. The highest BCUT2D eigenvalue weighted by Gasteiger charge is 2.33. The van der Waals surface area contributed by atoms with Crippen LogP contribution in [0.3, 0.4) is 0 Å². The molecule has 2 aromatic carbocycles. The third-order valence-corrected chi connectivity index (χ3v) is 7.83. The number of sulfonamides is 1. The van der Waals surface area contributed by atoms with Gasteiger partial charge in [0.15, 0.2) is 0 Å². The maximum absolute atomic E-state index is 13.3. The molecular formula is C24H27N3O5S. The van der Waals surface area contributed by atoms with Gasteiger partial charge in [0.1, 0.15) is 16.4 Å². The van der Waals surface area contributed by atoms with Crippen molar-refractivity contribution in [3.8, 4) is 11.5 Å². The zero-order valence-electron chi connectivity index (χ0n) is 19.2. The lowest BCUT2D eigenvalue weighted by Crippen LogP contribution is -2.50. The Morgan fingerprint density at radius 2 is 1.67 bits per heavy atom. The first kappa shape index (κ1) is 23.0. The van der Waals surface area contributed by atoms with Crippen LogP contribution in [0.4, 0.5) is 0 Å². The molecular weight excluding hydrogens is 442 g/mol. The highest BCUT2D eigenvalue weighted by Crippen LogP contribution is 2.31. The molecule has 0 N–H and O–H groups in total. The van der Waals surface area contributed by atoms with Crippen LogP contribution >= 0.6 is 0 Å². The van der Waals surface area contributed by atoms with Crippen molar-refractivity contribution in [3.63, 3.8) is 0 Å². The van der Waals surface area contributed by atoms with E-state index in [0.29, 0.717) is 17.0 Å². The van der Waals surface area contributed by atoms with Crippen molar-refractivity contribution in [1.82, 2.24) is 14.2 Å². The van der Waals surface area contributed by atoms with Crippen LogP contribution in [-0.4, -0.2) is 68.9 Å². The van der Waals surface area contributed by atoms with E-state index in [4.69, 9.17) is 9.47 Å². The fraction of sp³-hybridized carbons (Fsp3) is 0.333. The topological polar surface area (TPSA) is 89.0 Å². The maximum atomic E-state index is 13.3. The molecule has 9 heteroatoms. The first-order valence-electron chi connectivity index (χ1n) is 10.6. The van der Waals surface area contributed by atoms with Crippen LogP contribution in [-0.2, 0) is 10.0 Å². The van der Waals surface area contributed by atoms with Crippen molar-refractivity contribution < 1.29 is 22.7 Å². The highest BCUT2D eigenvalue weighted by atomic mass is 32.2. The SMILES string of the molecule is COc1ccc(OC)c(S(=O)(=O)N2CCN(C(=O)c3cc4ccc(C)cc4nc3C)CC2)c1. The van der Waals surface area contributed by atoms with Crippen LogP contribution < -0.4 is 9.47 Å². The standard InChI is InChI=1S/C24H27N3O5S/c1-16-5-6-18-14-20(17(2)25-21(18)13-16)24(28)26-9-11-27(12-10-26)33(29,30)23-15-19(31-3)7-8-22(23)32-4/h5-8,13-15H,9-12H2,1-4H3. The Hall–Kier alpha value is -3.17. The minimum absolute atomic E-state index is 0.0500. The van der Waals surface area contributed by atoms with E-state index >= 15 is 0 Å². The lowest BCUT2D eigenvalue weighted by molar-refractivity contribution is 0.0696. The Bertz CT molecular complexity index is 1320. The molecule has 33 heavy (non-hydrogen) atoms. The molecule has 0 atom stereocenters. The third kappa shape index (κ3) is 4.38. The molecule has 0 aliphatic carbocycles. The largest absolute Gasteiger partial charge is 0.497 e. The molecule has 0 unspecified atom stereocenters. The zero-order chi connectivity index (χ0) is 23.8. The summed E-state index contributed by atoms with van der Waals surface area (Å²) in [5, 5.41) is 0.904. The lowest BCUT2D eigenvalue weighted by Gasteiger charge is -2.34. The van der Waals surface area contributed by atoms with Crippen molar-refractivity contribution in [2.75, 3.05) is 40.4 Å². The number of rotatable bonds is 5. The number of carbonyl (C=O) groups is 1. The van der Waals surface area contributed by atoms with Gasteiger partial charge >= 0.3 is 0 Å². The van der Waals surface area contributed by atoms with Crippen LogP contribution in [0.15, 0.2) is 47.4 Å². The van der Waals surface area contributed by atoms with E-state index < -0.39 is 10.0 Å². The van der Waals surface area contributed by atoms with Gasteiger partial charge in [-0.05, 0) is 43.7 Å². The minimum atomic E-state index is -3.81. The van der Waals surface area contributed by atoms with E-state index in [1.54, 1.807) is 17.0 Å². The summed E-state index contributed by atoms with van der Waals surface area (Å²) in [5.41, 5.74) is 3.16. The Balaban J connectivity index is 1.53.